The van der Waals surface area contributed by atoms with Gasteiger partial charge in [0.2, 0.25) is 0 Å². The molecule has 0 saturated heterocycles. The van der Waals surface area contributed by atoms with Gasteiger partial charge in [-0.3, -0.25) is 4.72 Å². The number of hydrogen-bond acceptors (Lipinski definition) is 8. The highest BCUT2D eigenvalue weighted by molar-refractivity contribution is 7.92. The van der Waals surface area contributed by atoms with Crippen LogP contribution >= 0.6 is 0 Å². The second-order valence-electron chi connectivity index (χ2n) is 7.59. The molecule has 4 aromatic rings. The van der Waals surface area contributed by atoms with E-state index in [9.17, 15) is 8.42 Å². The monoisotopic (exact) mass is 464 g/mol. The average molecular weight is 465 g/mol. The summed E-state index contributed by atoms with van der Waals surface area (Å²) in [4.78, 5) is 17.0. The van der Waals surface area contributed by atoms with Crippen LogP contribution in [0.15, 0.2) is 72.3 Å². The van der Waals surface area contributed by atoms with E-state index in [2.05, 4.69) is 35.3 Å². The van der Waals surface area contributed by atoms with E-state index in [0.29, 0.717) is 29.0 Å². The molecule has 0 atom stereocenters. The Morgan fingerprint density at radius 1 is 0.879 bits per heavy atom. The maximum atomic E-state index is 12.6. The van der Waals surface area contributed by atoms with Gasteiger partial charge in [0.15, 0.2) is 5.03 Å². The Morgan fingerprint density at radius 3 is 2.21 bits per heavy atom. The fourth-order valence-corrected chi connectivity index (χ4v) is 3.98. The van der Waals surface area contributed by atoms with Crippen molar-refractivity contribution < 1.29 is 8.42 Å². The van der Waals surface area contributed by atoms with Crippen molar-refractivity contribution in [3.8, 4) is 0 Å². The first kappa shape index (κ1) is 22.2. The van der Waals surface area contributed by atoms with Gasteiger partial charge in [-0.1, -0.05) is 6.07 Å². The lowest BCUT2D eigenvalue weighted by Gasteiger charge is -2.11. The van der Waals surface area contributed by atoms with E-state index in [4.69, 9.17) is 0 Å². The lowest BCUT2D eigenvalue weighted by molar-refractivity contribution is 0.591. The number of nitrogens with zero attached hydrogens (tertiary/aromatic N) is 5. The molecule has 0 amide bonds. The van der Waals surface area contributed by atoms with Crippen molar-refractivity contribution in [3.05, 3.63) is 73.1 Å². The number of hydrogen-bond donors (Lipinski definition) is 3. The molecule has 3 N–H and O–H groups in total. The minimum Gasteiger partial charge on any atom is -0.340 e. The Morgan fingerprint density at radius 2 is 1.58 bits per heavy atom. The summed E-state index contributed by atoms with van der Waals surface area (Å²) in [6.45, 7) is 5.70. The molecule has 0 aliphatic heterocycles. The van der Waals surface area contributed by atoms with Gasteiger partial charge in [0.05, 0.1) is 6.33 Å². The standard InChI is InChI=1S/C22H24N8O2S/c1-15(2)30-13-22(24-14-30)33(31,32)29-18-9-7-17(8-10-18)27-20-12-21(26-16(3)25-20)28-19-6-4-5-11-23-19/h4-15,29H,1-3H3,(H2,23,25,26,27,28). The summed E-state index contributed by atoms with van der Waals surface area (Å²) in [5.74, 6) is 2.46. The SMILES string of the molecule is Cc1nc(Nc2ccc(NS(=O)(=O)c3cn(C(C)C)cn3)cc2)cc(Nc2ccccn2)n1. The fraction of sp³-hybridized carbons (Fsp3) is 0.182. The van der Waals surface area contributed by atoms with Gasteiger partial charge in [-0.25, -0.2) is 19.9 Å². The van der Waals surface area contributed by atoms with Crippen molar-refractivity contribution >= 4 is 38.9 Å². The maximum Gasteiger partial charge on any atom is 0.280 e. The van der Waals surface area contributed by atoms with Crippen molar-refractivity contribution in [1.82, 2.24) is 24.5 Å². The summed E-state index contributed by atoms with van der Waals surface area (Å²) < 4.78 is 29.5. The zero-order valence-corrected chi connectivity index (χ0v) is 19.2. The Bertz CT molecular complexity index is 1340. The number of imidazole rings is 1. The molecule has 3 heterocycles. The molecule has 0 radical (unpaired) electrons. The summed E-state index contributed by atoms with van der Waals surface area (Å²) in [6, 6.07) is 14.3. The summed E-state index contributed by atoms with van der Waals surface area (Å²) in [5, 5.41) is 6.32. The molecule has 0 saturated carbocycles. The van der Waals surface area contributed by atoms with E-state index in [-0.39, 0.29) is 11.1 Å². The lowest BCUT2D eigenvalue weighted by Crippen LogP contribution is -2.13. The molecule has 0 spiro atoms. The second-order valence-corrected chi connectivity index (χ2v) is 9.22. The predicted molar refractivity (Wildman–Crippen MR) is 127 cm³/mol. The van der Waals surface area contributed by atoms with Gasteiger partial charge in [-0.15, -0.1) is 0 Å². The molecule has 1 aromatic carbocycles. The number of pyridine rings is 1. The van der Waals surface area contributed by atoms with Crippen LogP contribution in [0.25, 0.3) is 0 Å². The van der Waals surface area contributed by atoms with Crippen LogP contribution in [0.3, 0.4) is 0 Å². The first-order valence-corrected chi connectivity index (χ1v) is 11.7. The lowest BCUT2D eigenvalue weighted by atomic mass is 10.3. The molecule has 11 heteroatoms. The molecule has 4 rings (SSSR count). The second kappa shape index (κ2) is 9.25. The first-order valence-electron chi connectivity index (χ1n) is 10.3. The zero-order chi connectivity index (χ0) is 23.4. The summed E-state index contributed by atoms with van der Waals surface area (Å²) in [6.07, 6.45) is 4.71. The molecule has 170 valence electrons. The van der Waals surface area contributed by atoms with Crippen LogP contribution in [0.4, 0.5) is 28.8 Å². The van der Waals surface area contributed by atoms with E-state index in [1.165, 1.54) is 12.5 Å². The Balaban J connectivity index is 1.45. The third kappa shape index (κ3) is 5.63. The zero-order valence-electron chi connectivity index (χ0n) is 18.4. The number of benzene rings is 1. The van der Waals surface area contributed by atoms with Gasteiger partial charge in [0.25, 0.3) is 10.0 Å². The molecule has 0 fully saturated rings. The first-order chi connectivity index (χ1) is 15.8. The minimum absolute atomic E-state index is 0.0252. The number of nitrogens with one attached hydrogen (secondary N) is 3. The number of rotatable bonds is 8. The predicted octanol–water partition coefficient (Wildman–Crippen LogP) is 4.25. The molecule has 0 bridgehead atoms. The van der Waals surface area contributed by atoms with Crippen LogP contribution in [-0.2, 0) is 10.0 Å². The van der Waals surface area contributed by atoms with E-state index >= 15 is 0 Å². The summed E-state index contributed by atoms with van der Waals surface area (Å²) in [7, 11) is -3.78. The third-order valence-electron chi connectivity index (χ3n) is 4.62. The average Bonchev–Trinajstić information content (AvgIpc) is 3.27. The fourth-order valence-electron chi connectivity index (χ4n) is 2.98. The molecular weight excluding hydrogens is 440 g/mol. The highest BCUT2D eigenvalue weighted by atomic mass is 32.2. The van der Waals surface area contributed by atoms with Crippen molar-refractivity contribution in [2.45, 2.75) is 31.8 Å². The van der Waals surface area contributed by atoms with Gasteiger partial charge >= 0.3 is 0 Å². The maximum absolute atomic E-state index is 12.6. The van der Waals surface area contributed by atoms with Crippen molar-refractivity contribution in [2.24, 2.45) is 0 Å². The highest BCUT2D eigenvalue weighted by Gasteiger charge is 2.18. The number of anilines is 5. The van der Waals surface area contributed by atoms with Crippen molar-refractivity contribution in [2.75, 3.05) is 15.4 Å². The summed E-state index contributed by atoms with van der Waals surface area (Å²) >= 11 is 0. The smallest absolute Gasteiger partial charge is 0.280 e. The molecule has 33 heavy (non-hydrogen) atoms. The van der Waals surface area contributed by atoms with Gasteiger partial charge in [0.1, 0.15) is 23.3 Å². The van der Waals surface area contributed by atoms with E-state index in [1.54, 1.807) is 48.0 Å². The normalized spacial score (nSPS) is 11.4. The van der Waals surface area contributed by atoms with Crippen molar-refractivity contribution in [1.29, 1.82) is 0 Å². The Hall–Kier alpha value is -3.99. The van der Waals surface area contributed by atoms with E-state index in [1.807, 2.05) is 32.0 Å². The Kier molecular flexibility index (Phi) is 6.22. The van der Waals surface area contributed by atoms with Crippen LogP contribution in [0.5, 0.6) is 0 Å². The topological polar surface area (TPSA) is 127 Å². The molecular formula is C22H24N8O2S. The largest absolute Gasteiger partial charge is 0.340 e. The third-order valence-corrected chi connectivity index (χ3v) is 5.88. The molecule has 0 aliphatic rings. The van der Waals surface area contributed by atoms with Gasteiger partial charge < -0.3 is 15.2 Å². The van der Waals surface area contributed by atoms with Crippen LogP contribution in [0, 0.1) is 6.92 Å². The number of aryl methyl sites for hydroxylation is 1. The number of aromatic nitrogens is 5. The number of sulfonamides is 1. The van der Waals surface area contributed by atoms with Gasteiger partial charge in [-0.2, -0.15) is 8.42 Å². The molecule has 0 unspecified atom stereocenters. The highest BCUT2D eigenvalue weighted by Crippen LogP contribution is 2.22. The molecule has 0 aliphatic carbocycles. The van der Waals surface area contributed by atoms with Crippen LogP contribution in [-0.4, -0.2) is 32.9 Å². The summed E-state index contributed by atoms with van der Waals surface area (Å²) in [5.41, 5.74) is 1.17. The molecule has 3 aromatic heterocycles. The quantitative estimate of drug-likeness (QED) is 0.353. The van der Waals surface area contributed by atoms with Crippen LogP contribution < -0.4 is 15.4 Å². The Labute approximate surface area is 192 Å². The minimum atomic E-state index is -3.78. The molecule has 10 nitrogen and oxygen atoms in total. The van der Waals surface area contributed by atoms with E-state index < -0.39 is 10.0 Å². The van der Waals surface area contributed by atoms with Gasteiger partial charge in [-0.05, 0) is 57.2 Å². The van der Waals surface area contributed by atoms with Crippen molar-refractivity contribution in [3.63, 3.8) is 0 Å². The van der Waals surface area contributed by atoms with Gasteiger partial charge in [0, 0.05) is 35.9 Å². The van der Waals surface area contributed by atoms with Crippen LogP contribution in [0.2, 0.25) is 0 Å². The van der Waals surface area contributed by atoms with E-state index in [0.717, 1.165) is 5.69 Å². The van der Waals surface area contributed by atoms with Crippen LogP contribution in [0.1, 0.15) is 25.7 Å².